The van der Waals surface area contributed by atoms with E-state index in [0.29, 0.717) is 32.9 Å². The van der Waals surface area contributed by atoms with Crippen molar-refractivity contribution in [2.45, 2.75) is 0 Å². The summed E-state index contributed by atoms with van der Waals surface area (Å²) in [6, 6.07) is 10.4. The summed E-state index contributed by atoms with van der Waals surface area (Å²) in [6.07, 6.45) is 3.30. The topological polar surface area (TPSA) is 76.5 Å². The molecule has 3 rings (SSSR count). The summed E-state index contributed by atoms with van der Waals surface area (Å²) in [4.78, 5) is 25.4. The van der Waals surface area contributed by atoms with E-state index in [1.165, 1.54) is 16.7 Å². The Morgan fingerprint density at radius 1 is 1.28 bits per heavy atom. The first kappa shape index (κ1) is 17.2. The van der Waals surface area contributed by atoms with Gasteiger partial charge in [-0.15, -0.1) is 6.58 Å². The molecule has 0 atom stereocenters. The first-order valence-corrected chi connectivity index (χ1v) is 8.58. The van der Waals surface area contributed by atoms with Crippen LogP contribution in [0.3, 0.4) is 0 Å². The van der Waals surface area contributed by atoms with Gasteiger partial charge in [-0.1, -0.05) is 42.2 Å². The second-order valence-corrected chi connectivity index (χ2v) is 6.90. The van der Waals surface area contributed by atoms with E-state index >= 15 is 0 Å². The van der Waals surface area contributed by atoms with Crippen LogP contribution >= 0.6 is 24.0 Å². The van der Waals surface area contributed by atoms with Gasteiger partial charge < -0.3 is 10.2 Å². The van der Waals surface area contributed by atoms with Crippen molar-refractivity contribution >= 4 is 46.2 Å². The van der Waals surface area contributed by atoms with E-state index in [1.807, 2.05) is 0 Å². The summed E-state index contributed by atoms with van der Waals surface area (Å²) in [5, 5.41) is 0. The SMILES string of the molecule is C=CCN1C(=O)/C(=C/c2ccc(-c3ccc(C(N)=O)cc3)o2)SC1=S. The monoisotopic (exact) mass is 370 g/mol. The van der Waals surface area contributed by atoms with Crippen LogP contribution in [0, 0.1) is 0 Å². The summed E-state index contributed by atoms with van der Waals surface area (Å²) >= 11 is 6.44. The number of rotatable bonds is 5. The van der Waals surface area contributed by atoms with Gasteiger partial charge in [-0.05, 0) is 24.3 Å². The minimum absolute atomic E-state index is 0.154. The van der Waals surface area contributed by atoms with Crippen LogP contribution in [-0.4, -0.2) is 27.6 Å². The van der Waals surface area contributed by atoms with Crippen LogP contribution in [0.2, 0.25) is 0 Å². The van der Waals surface area contributed by atoms with Gasteiger partial charge in [-0.25, -0.2) is 0 Å². The van der Waals surface area contributed by atoms with Gasteiger partial charge in [0.05, 0.1) is 4.91 Å². The predicted octanol–water partition coefficient (Wildman–Crippen LogP) is 3.43. The predicted molar refractivity (Wildman–Crippen MR) is 103 cm³/mol. The van der Waals surface area contributed by atoms with E-state index < -0.39 is 5.91 Å². The number of hydrogen-bond acceptors (Lipinski definition) is 5. The molecular formula is C18H14N2O3S2. The van der Waals surface area contributed by atoms with E-state index in [0.717, 1.165) is 5.56 Å². The fourth-order valence-corrected chi connectivity index (χ4v) is 3.56. The maximum Gasteiger partial charge on any atom is 0.266 e. The Morgan fingerprint density at radius 3 is 2.64 bits per heavy atom. The van der Waals surface area contributed by atoms with E-state index in [9.17, 15) is 9.59 Å². The van der Waals surface area contributed by atoms with Crippen LogP contribution in [0.25, 0.3) is 17.4 Å². The van der Waals surface area contributed by atoms with Gasteiger partial charge in [0.1, 0.15) is 15.8 Å². The number of furan rings is 1. The van der Waals surface area contributed by atoms with Gasteiger partial charge in [0, 0.05) is 23.7 Å². The number of hydrogen-bond donors (Lipinski definition) is 1. The molecule has 0 unspecified atom stereocenters. The van der Waals surface area contributed by atoms with Crippen molar-refractivity contribution in [1.29, 1.82) is 0 Å². The summed E-state index contributed by atoms with van der Waals surface area (Å²) in [7, 11) is 0. The average Bonchev–Trinajstić information content (AvgIpc) is 3.16. The van der Waals surface area contributed by atoms with Crippen LogP contribution < -0.4 is 5.73 Å². The highest BCUT2D eigenvalue weighted by Crippen LogP contribution is 2.33. The highest BCUT2D eigenvalue weighted by Gasteiger charge is 2.31. The largest absolute Gasteiger partial charge is 0.457 e. The maximum absolute atomic E-state index is 12.3. The summed E-state index contributed by atoms with van der Waals surface area (Å²) in [5.41, 5.74) is 6.47. The lowest BCUT2D eigenvalue weighted by Gasteiger charge is -2.10. The fourth-order valence-electron chi connectivity index (χ4n) is 2.30. The molecule has 2 N–H and O–H groups in total. The number of carbonyl (C=O) groups is 2. The lowest BCUT2D eigenvalue weighted by Crippen LogP contribution is -2.27. The summed E-state index contributed by atoms with van der Waals surface area (Å²) in [5.74, 6) is 0.545. The van der Waals surface area contributed by atoms with Gasteiger partial charge in [0.25, 0.3) is 5.91 Å². The lowest BCUT2D eigenvalue weighted by atomic mass is 10.1. The minimum Gasteiger partial charge on any atom is -0.457 e. The first-order chi connectivity index (χ1) is 12.0. The number of primary amides is 1. The third-order valence-corrected chi connectivity index (χ3v) is 4.92. The Labute approximate surface area is 154 Å². The van der Waals surface area contributed by atoms with Crippen LogP contribution in [0.1, 0.15) is 16.1 Å². The normalized spacial score (nSPS) is 15.8. The van der Waals surface area contributed by atoms with Crippen molar-refractivity contribution in [3.05, 3.63) is 65.3 Å². The molecule has 0 saturated carbocycles. The van der Waals surface area contributed by atoms with E-state index in [-0.39, 0.29) is 5.91 Å². The molecule has 25 heavy (non-hydrogen) atoms. The molecule has 1 aliphatic rings. The average molecular weight is 370 g/mol. The molecule has 7 heteroatoms. The molecule has 1 fully saturated rings. The third kappa shape index (κ3) is 3.57. The summed E-state index contributed by atoms with van der Waals surface area (Å²) < 4.78 is 6.28. The molecule has 2 aromatic rings. The second kappa shape index (κ2) is 7.08. The molecule has 0 bridgehead atoms. The number of nitrogens with two attached hydrogens (primary N) is 1. The molecular weight excluding hydrogens is 356 g/mol. The number of nitrogens with zero attached hydrogens (tertiary/aromatic N) is 1. The van der Waals surface area contributed by atoms with Crippen molar-refractivity contribution < 1.29 is 14.0 Å². The zero-order valence-corrected chi connectivity index (χ0v) is 14.7. The summed E-state index contributed by atoms with van der Waals surface area (Å²) in [6.45, 7) is 4.01. The molecule has 1 aromatic heterocycles. The second-order valence-electron chi connectivity index (χ2n) is 5.22. The number of thioether (sulfide) groups is 1. The Kier molecular flexibility index (Phi) is 4.87. The molecule has 0 aliphatic carbocycles. The van der Waals surface area contributed by atoms with E-state index in [4.69, 9.17) is 22.4 Å². The van der Waals surface area contributed by atoms with E-state index in [1.54, 1.807) is 48.6 Å². The van der Waals surface area contributed by atoms with Crippen molar-refractivity contribution in [3.63, 3.8) is 0 Å². The number of thiocarbonyl (C=S) groups is 1. The fraction of sp³-hybridized carbons (Fsp3) is 0.0556. The highest BCUT2D eigenvalue weighted by molar-refractivity contribution is 8.26. The van der Waals surface area contributed by atoms with Crippen molar-refractivity contribution in [3.8, 4) is 11.3 Å². The van der Waals surface area contributed by atoms with Gasteiger partial charge in [0.15, 0.2) is 0 Å². The molecule has 1 saturated heterocycles. The number of carbonyl (C=O) groups excluding carboxylic acids is 2. The Bertz CT molecular complexity index is 897. The zero-order valence-electron chi connectivity index (χ0n) is 13.1. The van der Waals surface area contributed by atoms with Gasteiger partial charge in [-0.3, -0.25) is 14.5 Å². The van der Waals surface area contributed by atoms with Crippen molar-refractivity contribution in [1.82, 2.24) is 4.90 Å². The molecule has 0 spiro atoms. The Morgan fingerprint density at radius 2 is 2.00 bits per heavy atom. The Hall–Kier alpha value is -2.64. The quantitative estimate of drug-likeness (QED) is 0.496. The van der Waals surface area contributed by atoms with E-state index in [2.05, 4.69) is 6.58 Å². The van der Waals surface area contributed by atoms with Gasteiger partial charge >= 0.3 is 0 Å². The minimum atomic E-state index is -0.478. The van der Waals surface area contributed by atoms with Crippen LogP contribution in [-0.2, 0) is 4.79 Å². The van der Waals surface area contributed by atoms with Crippen molar-refractivity contribution in [2.24, 2.45) is 5.73 Å². The lowest BCUT2D eigenvalue weighted by molar-refractivity contribution is -0.121. The molecule has 1 aliphatic heterocycles. The van der Waals surface area contributed by atoms with Gasteiger partial charge in [-0.2, -0.15) is 0 Å². The standard InChI is InChI=1S/C18H14N2O3S2/c1-2-9-20-17(22)15(25-18(20)24)10-13-7-8-14(23-13)11-3-5-12(6-4-11)16(19)21/h2-8,10H,1,9H2,(H2,19,21)/b15-10-. The number of amides is 2. The molecule has 0 radical (unpaired) electrons. The molecule has 126 valence electrons. The zero-order chi connectivity index (χ0) is 18.0. The van der Waals surface area contributed by atoms with Crippen molar-refractivity contribution in [2.75, 3.05) is 6.54 Å². The Balaban J connectivity index is 1.82. The van der Waals surface area contributed by atoms with Crippen LogP contribution in [0.15, 0.2) is 58.4 Å². The molecule has 5 nitrogen and oxygen atoms in total. The maximum atomic E-state index is 12.3. The molecule has 1 aromatic carbocycles. The molecule has 2 amide bonds. The van der Waals surface area contributed by atoms with Crippen LogP contribution in [0.5, 0.6) is 0 Å². The third-order valence-electron chi connectivity index (χ3n) is 3.54. The van der Waals surface area contributed by atoms with Crippen LogP contribution in [0.4, 0.5) is 0 Å². The first-order valence-electron chi connectivity index (χ1n) is 7.36. The smallest absolute Gasteiger partial charge is 0.266 e. The number of benzene rings is 1. The molecule has 2 heterocycles. The van der Waals surface area contributed by atoms with Gasteiger partial charge in [0.2, 0.25) is 5.91 Å². The highest BCUT2D eigenvalue weighted by atomic mass is 32.2.